The van der Waals surface area contributed by atoms with Gasteiger partial charge >= 0.3 is 12.0 Å². The third kappa shape index (κ3) is 5.34. The Bertz CT molecular complexity index is 759. The molecule has 2 saturated heterocycles. The highest BCUT2D eigenvalue weighted by molar-refractivity contribution is 6.05. The molecule has 0 saturated carbocycles. The van der Waals surface area contributed by atoms with E-state index in [0.29, 0.717) is 25.9 Å². The van der Waals surface area contributed by atoms with Crippen LogP contribution in [0.2, 0.25) is 0 Å². The van der Waals surface area contributed by atoms with Crippen molar-refractivity contribution in [1.82, 2.24) is 15.1 Å². The number of amides is 4. The topological polar surface area (TPSA) is 96.0 Å². The van der Waals surface area contributed by atoms with Crippen LogP contribution in [0.3, 0.4) is 0 Å². The van der Waals surface area contributed by atoms with Gasteiger partial charge in [0.1, 0.15) is 6.04 Å². The van der Waals surface area contributed by atoms with Gasteiger partial charge in [0.2, 0.25) is 5.91 Å². The molecule has 3 rings (SSSR count). The van der Waals surface area contributed by atoms with Crippen molar-refractivity contribution in [3.63, 3.8) is 0 Å². The molecule has 1 aromatic carbocycles. The Labute approximate surface area is 170 Å². The SMILES string of the molecule is COC(=O)CC1CCN(C(=O)C[C@@H]2NC(=O)N(CCc3ccccc3)C2=O)CC1. The van der Waals surface area contributed by atoms with Gasteiger partial charge in [0, 0.05) is 26.1 Å². The van der Waals surface area contributed by atoms with Gasteiger partial charge in [0.15, 0.2) is 0 Å². The van der Waals surface area contributed by atoms with E-state index in [0.717, 1.165) is 18.4 Å². The number of ether oxygens (including phenoxy) is 1. The number of methoxy groups -OCH3 is 1. The van der Waals surface area contributed by atoms with Crippen LogP contribution in [0.5, 0.6) is 0 Å². The van der Waals surface area contributed by atoms with Crippen LogP contribution in [-0.2, 0) is 25.5 Å². The van der Waals surface area contributed by atoms with Gasteiger partial charge in [0.05, 0.1) is 13.5 Å². The van der Waals surface area contributed by atoms with Crippen LogP contribution in [0, 0.1) is 5.92 Å². The zero-order valence-electron chi connectivity index (χ0n) is 16.6. The highest BCUT2D eigenvalue weighted by Crippen LogP contribution is 2.22. The van der Waals surface area contributed by atoms with Gasteiger partial charge in [-0.3, -0.25) is 19.3 Å². The fourth-order valence-electron chi connectivity index (χ4n) is 3.82. The summed E-state index contributed by atoms with van der Waals surface area (Å²) >= 11 is 0. The van der Waals surface area contributed by atoms with E-state index in [1.54, 1.807) is 4.90 Å². The summed E-state index contributed by atoms with van der Waals surface area (Å²) < 4.78 is 4.69. The number of carbonyl (C=O) groups is 4. The van der Waals surface area contributed by atoms with Gasteiger partial charge in [-0.25, -0.2) is 4.79 Å². The molecular weight excluding hydrogens is 374 g/mol. The number of hydrogen-bond acceptors (Lipinski definition) is 5. The van der Waals surface area contributed by atoms with Crippen LogP contribution in [-0.4, -0.2) is 66.4 Å². The van der Waals surface area contributed by atoms with E-state index >= 15 is 0 Å². The smallest absolute Gasteiger partial charge is 0.324 e. The Morgan fingerprint density at radius 2 is 1.79 bits per heavy atom. The summed E-state index contributed by atoms with van der Waals surface area (Å²) in [5.41, 5.74) is 1.04. The fraction of sp³-hybridized carbons (Fsp3) is 0.524. The summed E-state index contributed by atoms with van der Waals surface area (Å²) in [6.07, 6.45) is 2.37. The lowest BCUT2D eigenvalue weighted by atomic mass is 9.93. The lowest BCUT2D eigenvalue weighted by molar-refractivity contribution is -0.142. The molecule has 29 heavy (non-hydrogen) atoms. The van der Waals surface area contributed by atoms with E-state index in [9.17, 15) is 19.2 Å². The first-order valence-electron chi connectivity index (χ1n) is 9.98. The molecule has 8 nitrogen and oxygen atoms in total. The van der Waals surface area contributed by atoms with Crippen molar-refractivity contribution >= 4 is 23.8 Å². The Kier molecular flexibility index (Phi) is 6.85. The number of nitrogens with one attached hydrogen (secondary N) is 1. The van der Waals surface area contributed by atoms with E-state index in [-0.39, 0.29) is 36.7 Å². The normalized spacial score (nSPS) is 20.0. The van der Waals surface area contributed by atoms with Gasteiger partial charge < -0.3 is 15.0 Å². The largest absolute Gasteiger partial charge is 0.469 e. The van der Waals surface area contributed by atoms with Crippen LogP contribution < -0.4 is 5.32 Å². The minimum absolute atomic E-state index is 0.0337. The molecule has 4 amide bonds. The first-order chi connectivity index (χ1) is 14.0. The minimum Gasteiger partial charge on any atom is -0.469 e. The van der Waals surface area contributed by atoms with Gasteiger partial charge in [-0.2, -0.15) is 0 Å². The average molecular weight is 401 g/mol. The number of carbonyl (C=O) groups excluding carboxylic acids is 4. The van der Waals surface area contributed by atoms with Crippen LogP contribution >= 0.6 is 0 Å². The summed E-state index contributed by atoms with van der Waals surface area (Å²) in [6.45, 7) is 1.39. The van der Waals surface area contributed by atoms with E-state index in [1.165, 1.54) is 12.0 Å². The number of benzene rings is 1. The summed E-state index contributed by atoms with van der Waals surface area (Å²) in [4.78, 5) is 51.6. The number of imide groups is 1. The molecule has 0 aromatic heterocycles. The van der Waals surface area contributed by atoms with Crippen molar-refractivity contribution in [2.24, 2.45) is 5.92 Å². The van der Waals surface area contributed by atoms with Crippen molar-refractivity contribution in [3.8, 4) is 0 Å². The van der Waals surface area contributed by atoms with Crippen molar-refractivity contribution in [3.05, 3.63) is 35.9 Å². The van der Waals surface area contributed by atoms with Crippen molar-refractivity contribution in [2.75, 3.05) is 26.7 Å². The Hall–Kier alpha value is -2.90. The Morgan fingerprint density at radius 3 is 2.45 bits per heavy atom. The van der Waals surface area contributed by atoms with Crippen molar-refractivity contribution in [1.29, 1.82) is 0 Å². The number of esters is 1. The molecule has 0 aliphatic carbocycles. The highest BCUT2D eigenvalue weighted by atomic mass is 16.5. The van der Waals surface area contributed by atoms with Crippen molar-refractivity contribution < 1.29 is 23.9 Å². The monoisotopic (exact) mass is 401 g/mol. The molecule has 1 atom stereocenters. The third-order valence-corrected chi connectivity index (χ3v) is 5.60. The molecule has 1 N–H and O–H groups in total. The maximum absolute atomic E-state index is 12.6. The molecule has 1 aromatic rings. The molecule has 8 heteroatoms. The van der Waals surface area contributed by atoms with Gasteiger partial charge in [-0.15, -0.1) is 0 Å². The number of hydrogen-bond donors (Lipinski definition) is 1. The van der Waals surface area contributed by atoms with Gasteiger partial charge in [-0.1, -0.05) is 30.3 Å². The number of nitrogens with zero attached hydrogens (tertiary/aromatic N) is 2. The third-order valence-electron chi connectivity index (χ3n) is 5.60. The average Bonchev–Trinajstić information content (AvgIpc) is 3.00. The Morgan fingerprint density at radius 1 is 1.10 bits per heavy atom. The zero-order chi connectivity index (χ0) is 20.8. The van der Waals surface area contributed by atoms with E-state index in [4.69, 9.17) is 4.74 Å². The molecule has 0 spiro atoms. The quantitative estimate of drug-likeness (QED) is 0.549. The van der Waals surface area contributed by atoms with Gasteiger partial charge in [-0.05, 0) is 30.7 Å². The molecule has 156 valence electrons. The molecule has 0 radical (unpaired) electrons. The molecule has 2 fully saturated rings. The predicted molar refractivity (Wildman–Crippen MR) is 105 cm³/mol. The van der Waals surface area contributed by atoms with E-state index in [2.05, 4.69) is 5.32 Å². The molecular formula is C21H27N3O5. The van der Waals surface area contributed by atoms with Crippen molar-refractivity contribution in [2.45, 2.75) is 38.1 Å². The van der Waals surface area contributed by atoms with Crippen LogP contribution in [0.1, 0.15) is 31.2 Å². The lowest BCUT2D eigenvalue weighted by Gasteiger charge is -2.32. The summed E-state index contributed by atoms with van der Waals surface area (Å²) in [7, 11) is 1.37. The fourth-order valence-corrected chi connectivity index (χ4v) is 3.82. The maximum atomic E-state index is 12.6. The first kappa shape index (κ1) is 20.8. The number of rotatable bonds is 7. The van der Waals surface area contributed by atoms with E-state index < -0.39 is 12.1 Å². The first-order valence-corrected chi connectivity index (χ1v) is 9.98. The molecule has 0 unspecified atom stereocenters. The highest BCUT2D eigenvalue weighted by Gasteiger charge is 2.39. The predicted octanol–water partition coefficient (Wildman–Crippen LogP) is 1.34. The number of piperidine rings is 1. The number of likely N-dealkylation sites (tertiary alicyclic amines) is 1. The molecule has 2 heterocycles. The Balaban J connectivity index is 1.46. The number of urea groups is 1. The maximum Gasteiger partial charge on any atom is 0.324 e. The van der Waals surface area contributed by atoms with Gasteiger partial charge in [0.25, 0.3) is 5.91 Å². The second-order valence-corrected chi connectivity index (χ2v) is 7.54. The standard InChI is InChI=1S/C21H27N3O5/c1-29-19(26)13-16-7-10-23(11-8-16)18(25)14-17-20(27)24(21(28)22-17)12-9-15-5-3-2-4-6-15/h2-6,16-17H,7-14H2,1H3,(H,22,28)/t17-/m0/s1. The van der Waals surface area contributed by atoms with Crippen LogP contribution in [0.25, 0.3) is 0 Å². The molecule has 2 aliphatic heterocycles. The van der Waals surface area contributed by atoms with E-state index in [1.807, 2.05) is 30.3 Å². The molecule has 0 bridgehead atoms. The summed E-state index contributed by atoms with van der Waals surface area (Å²) in [6, 6.07) is 8.39. The van der Waals surface area contributed by atoms with Crippen LogP contribution in [0.4, 0.5) is 4.79 Å². The summed E-state index contributed by atoms with van der Waals surface area (Å²) in [5, 5.41) is 2.63. The molecule has 2 aliphatic rings. The second-order valence-electron chi connectivity index (χ2n) is 7.54. The summed E-state index contributed by atoms with van der Waals surface area (Å²) in [5.74, 6) is -0.512. The second kappa shape index (κ2) is 9.54. The minimum atomic E-state index is -0.807. The van der Waals surface area contributed by atoms with Crippen LogP contribution in [0.15, 0.2) is 30.3 Å². The zero-order valence-corrected chi connectivity index (χ0v) is 16.6. The lowest BCUT2D eigenvalue weighted by Crippen LogP contribution is -2.43.